The van der Waals surface area contributed by atoms with Crippen molar-refractivity contribution in [1.82, 2.24) is 9.80 Å². The number of nitrogens with zero attached hydrogens (tertiary/aromatic N) is 2. The summed E-state index contributed by atoms with van der Waals surface area (Å²) in [6, 6.07) is 14.9. The van der Waals surface area contributed by atoms with Gasteiger partial charge >= 0.3 is 0 Å². The van der Waals surface area contributed by atoms with Crippen LogP contribution in [0.2, 0.25) is 0 Å². The average molecular weight is 382 g/mol. The molecule has 0 N–H and O–H groups in total. The zero-order chi connectivity index (χ0) is 19.9. The Balaban J connectivity index is 1.47. The standard InChI is InChI=1S/C22H26N2O4/c1-3-17-4-6-18(7-5-17)22(26)24-14-12-23(13-15-24)21(25)16-28-20-10-8-19(27-2)9-11-20/h4-11H,3,12-16H2,1-2H3. The second kappa shape index (κ2) is 9.26. The highest BCUT2D eigenvalue weighted by Gasteiger charge is 2.25. The van der Waals surface area contributed by atoms with E-state index in [9.17, 15) is 9.59 Å². The van der Waals surface area contributed by atoms with E-state index in [4.69, 9.17) is 9.47 Å². The highest BCUT2D eigenvalue weighted by Crippen LogP contribution is 2.17. The van der Waals surface area contributed by atoms with Crippen molar-refractivity contribution in [3.63, 3.8) is 0 Å². The predicted molar refractivity (Wildman–Crippen MR) is 107 cm³/mol. The molecule has 0 saturated carbocycles. The Morgan fingerprint density at radius 1 is 0.857 bits per heavy atom. The smallest absolute Gasteiger partial charge is 0.260 e. The number of piperazine rings is 1. The van der Waals surface area contributed by atoms with Gasteiger partial charge < -0.3 is 19.3 Å². The van der Waals surface area contributed by atoms with Gasteiger partial charge in [-0.05, 0) is 48.4 Å². The molecule has 1 saturated heterocycles. The quantitative estimate of drug-likeness (QED) is 0.771. The molecule has 0 unspecified atom stereocenters. The number of hydrogen-bond acceptors (Lipinski definition) is 4. The first-order valence-corrected chi connectivity index (χ1v) is 9.53. The van der Waals surface area contributed by atoms with E-state index in [0.717, 1.165) is 12.2 Å². The first-order valence-electron chi connectivity index (χ1n) is 9.53. The summed E-state index contributed by atoms with van der Waals surface area (Å²) in [5.41, 5.74) is 1.91. The minimum atomic E-state index is -0.0739. The van der Waals surface area contributed by atoms with E-state index < -0.39 is 0 Å². The lowest BCUT2D eigenvalue weighted by molar-refractivity contribution is -0.134. The monoisotopic (exact) mass is 382 g/mol. The van der Waals surface area contributed by atoms with Crippen molar-refractivity contribution < 1.29 is 19.1 Å². The highest BCUT2D eigenvalue weighted by molar-refractivity contribution is 5.94. The topological polar surface area (TPSA) is 59.1 Å². The second-order valence-corrected chi connectivity index (χ2v) is 6.69. The Kier molecular flexibility index (Phi) is 6.53. The highest BCUT2D eigenvalue weighted by atomic mass is 16.5. The second-order valence-electron chi connectivity index (χ2n) is 6.69. The van der Waals surface area contributed by atoms with Gasteiger partial charge in [0.15, 0.2) is 6.61 Å². The van der Waals surface area contributed by atoms with E-state index in [1.54, 1.807) is 41.2 Å². The van der Waals surface area contributed by atoms with Crippen LogP contribution in [0.15, 0.2) is 48.5 Å². The van der Waals surface area contributed by atoms with Crippen LogP contribution in [0.3, 0.4) is 0 Å². The number of carbonyl (C=O) groups is 2. The molecular formula is C22H26N2O4. The minimum absolute atomic E-state index is 0.0151. The third-order valence-electron chi connectivity index (χ3n) is 4.95. The normalized spacial score (nSPS) is 13.9. The fourth-order valence-corrected chi connectivity index (χ4v) is 3.13. The van der Waals surface area contributed by atoms with Crippen LogP contribution >= 0.6 is 0 Å². The fraction of sp³-hybridized carbons (Fsp3) is 0.364. The molecule has 6 heteroatoms. The third kappa shape index (κ3) is 4.82. The molecule has 0 spiro atoms. The van der Waals surface area contributed by atoms with Crippen LogP contribution in [0.5, 0.6) is 11.5 Å². The first-order chi connectivity index (χ1) is 13.6. The average Bonchev–Trinajstić information content (AvgIpc) is 2.77. The number of aryl methyl sites for hydroxylation is 1. The van der Waals surface area contributed by atoms with E-state index in [1.807, 2.05) is 24.3 Å². The Bertz CT molecular complexity index is 794. The van der Waals surface area contributed by atoms with Gasteiger partial charge in [-0.25, -0.2) is 0 Å². The fourth-order valence-electron chi connectivity index (χ4n) is 3.13. The molecule has 6 nitrogen and oxygen atoms in total. The molecule has 28 heavy (non-hydrogen) atoms. The van der Waals surface area contributed by atoms with Gasteiger partial charge in [-0.15, -0.1) is 0 Å². The van der Waals surface area contributed by atoms with Gasteiger partial charge in [0.25, 0.3) is 11.8 Å². The molecule has 0 radical (unpaired) electrons. The molecule has 1 aliphatic rings. The summed E-state index contributed by atoms with van der Waals surface area (Å²) in [7, 11) is 1.60. The number of carbonyl (C=O) groups excluding carboxylic acids is 2. The predicted octanol–water partition coefficient (Wildman–Crippen LogP) is 2.62. The largest absolute Gasteiger partial charge is 0.497 e. The molecule has 1 heterocycles. The number of benzene rings is 2. The summed E-state index contributed by atoms with van der Waals surface area (Å²) < 4.78 is 10.7. The van der Waals surface area contributed by atoms with Gasteiger partial charge in [0, 0.05) is 31.7 Å². The maximum Gasteiger partial charge on any atom is 0.260 e. The van der Waals surface area contributed by atoms with Crippen LogP contribution in [-0.2, 0) is 11.2 Å². The van der Waals surface area contributed by atoms with E-state index in [1.165, 1.54) is 5.56 Å². The molecule has 148 valence electrons. The first kappa shape index (κ1) is 19.7. The van der Waals surface area contributed by atoms with Crippen LogP contribution in [0.25, 0.3) is 0 Å². The van der Waals surface area contributed by atoms with Gasteiger partial charge in [-0.3, -0.25) is 9.59 Å². The van der Waals surface area contributed by atoms with Crippen molar-refractivity contribution in [2.75, 3.05) is 39.9 Å². The lowest BCUT2D eigenvalue weighted by atomic mass is 10.1. The molecule has 0 bridgehead atoms. The summed E-state index contributed by atoms with van der Waals surface area (Å²) in [5, 5.41) is 0. The van der Waals surface area contributed by atoms with E-state index in [2.05, 4.69) is 6.92 Å². The lowest BCUT2D eigenvalue weighted by Gasteiger charge is -2.34. The lowest BCUT2D eigenvalue weighted by Crippen LogP contribution is -2.51. The Hall–Kier alpha value is -3.02. The van der Waals surface area contributed by atoms with Gasteiger partial charge in [0.05, 0.1) is 7.11 Å². The molecule has 1 fully saturated rings. The minimum Gasteiger partial charge on any atom is -0.497 e. The third-order valence-corrected chi connectivity index (χ3v) is 4.95. The zero-order valence-electron chi connectivity index (χ0n) is 16.4. The van der Waals surface area contributed by atoms with Gasteiger partial charge in [-0.2, -0.15) is 0 Å². The molecule has 2 amide bonds. The number of amides is 2. The summed E-state index contributed by atoms with van der Waals surface area (Å²) in [5.74, 6) is 1.31. The van der Waals surface area contributed by atoms with Crippen LogP contribution in [0.1, 0.15) is 22.8 Å². The van der Waals surface area contributed by atoms with Crippen molar-refractivity contribution >= 4 is 11.8 Å². The van der Waals surface area contributed by atoms with Crippen molar-refractivity contribution in [3.8, 4) is 11.5 Å². The maximum absolute atomic E-state index is 12.6. The summed E-state index contributed by atoms with van der Waals surface area (Å²) in [6.45, 7) is 4.17. The zero-order valence-corrected chi connectivity index (χ0v) is 16.4. The molecule has 2 aromatic carbocycles. The molecular weight excluding hydrogens is 356 g/mol. The van der Waals surface area contributed by atoms with Crippen molar-refractivity contribution in [2.24, 2.45) is 0 Å². The van der Waals surface area contributed by atoms with E-state index in [-0.39, 0.29) is 18.4 Å². The van der Waals surface area contributed by atoms with Crippen molar-refractivity contribution in [1.29, 1.82) is 0 Å². The van der Waals surface area contributed by atoms with Gasteiger partial charge in [0.2, 0.25) is 0 Å². The number of hydrogen-bond donors (Lipinski definition) is 0. The van der Waals surface area contributed by atoms with Crippen molar-refractivity contribution in [3.05, 3.63) is 59.7 Å². The molecule has 2 aromatic rings. The SMILES string of the molecule is CCc1ccc(C(=O)N2CCN(C(=O)COc3ccc(OC)cc3)CC2)cc1. The number of methoxy groups -OCH3 is 1. The molecule has 1 aliphatic heterocycles. The van der Waals surface area contributed by atoms with Crippen LogP contribution in [0, 0.1) is 0 Å². The van der Waals surface area contributed by atoms with Crippen LogP contribution in [0.4, 0.5) is 0 Å². The van der Waals surface area contributed by atoms with Gasteiger partial charge in [0.1, 0.15) is 11.5 Å². The van der Waals surface area contributed by atoms with Crippen LogP contribution in [-0.4, -0.2) is 61.5 Å². The Labute approximate surface area is 165 Å². The maximum atomic E-state index is 12.6. The molecule has 0 aliphatic carbocycles. The Morgan fingerprint density at radius 2 is 1.43 bits per heavy atom. The van der Waals surface area contributed by atoms with E-state index in [0.29, 0.717) is 37.5 Å². The summed E-state index contributed by atoms with van der Waals surface area (Å²) in [4.78, 5) is 28.6. The number of rotatable bonds is 6. The van der Waals surface area contributed by atoms with Crippen LogP contribution < -0.4 is 9.47 Å². The summed E-state index contributed by atoms with van der Waals surface area (Å²) >= 11 is 0. The molecule has 0 aromatic heterocycles. The Morgan fingerprint density at radius 3 is 2.00 bits per heavy atom. The van der Waals surface area contributed by atoms with E-state index >= 15 is 0 Å². The molecule has 3 rings (SSSR count). The molecule has 0 atom stereocenters. The van der Waals surface area contributed by atoms with Crippen molar-refractivity contribution in [2.45, 2.75) is 13.3 Å². The summed E-state index contributed by atoms with van der Waals surface area (Å²) in [6.07, 6.45) is 0.952. The van der Waals surface area contributed by atoms with Gasteiger partial charge in [-0.1, -0.05) is 19.1 Å². The number of ether oxygens (including phenoxy) is 2.